The van der Waals surface area contributed by atoms with Gasteiger partial charge in [-0.15, -0.1) is 0 Å². The molecule has 0 aromatic heterocycles. The van der Waals surface area contributed by atoms with Crippen LogP contribution in [0.1, 0.15) is 33.1 Å². The second kappa shape index (κ2) is 5.35. The van der Waals surface area contributed by atoms with E-state index in [1.165, 1.54) is 0 Å². The number of aliphatic carboxylic acids is 2. The van der Waals surface area contributed by atoms with Gasteiger partial charge in [-0.2, -0.15) is 0 Å². The van der Waals surface area contributed by atoms with Crippen LogP contribution in [-0.2, 0) is 9.59 Å². The summed E-state index contributed by atoms with van der Waals surface area (Å²) in [6, 6.07) is 0. The Hall–Kier alpha value is -1.57. The molecule has 0 aliphatic carbocycles. The van der Waals surface area contributed by atoms with E-state index in [9.17, 15) is 9.59 Å². The number of rotatable bonds is 6. The van der Waals surface area contributed by atoms with Crippen molar-refractivity contribution in [3.63, 3.8) is 0 Å². The predicted octanol–water partition coefficient (Wildman–Crippen LogP) is 1.64. The van der Waals surface area contributed by atoms with E-state index in [2.05, 4.69) is 4.85 Å². The molecule has 0 aliphatic rings. The topological polar surface area (TPSA) is 79.0 Å². The minimum absolute atomic E-state index is 0.0661. The third-order valence-electron chi connectivity index (χ3n) is 2.48. The van der Waals surface area contributed by atoms with Gasteiger partial charge in [0.2, 0.25) is 0 Å². The fourth-order valence-corrected chi connectivity index (χ4v) is 1.71. The molecular weight excluding hydrogens is 198 g/mol. The molecule has 0 saturated carbocycles. The molecule has 5 heteroatoms. The number of hydrogen-bond acceptors (Lipinski definition) is 2. The first-order chi connectivity index (χ1) is 6.96. The quantitative estimate of drug-likeness (QED) is 0.657. The van der Waals surface area contributed by atoms with E-state index in [4.69, 9.17) is 16.8 Å². The summed E-state index contributed by atoms with van der Waals surface area (Å²) in [5, 5.41) is 17.9. The Labute approximate surface area is 88.5 Å². The molecule has 2 N–H and O–H groups in total. The van der Waals surface area contributed by atoms with Gasteiger partial charge in [0.25, 0.3) is 0 Å². The normalized spacial score (nSPS) is 16.1. The molecule has 0 aromatic carbocycles. The zero-order chi connectivity index (χ0) is 12.1. The maximum Gasteiger partial charge on any atom is 0.391 e. The van der Waals surface area contributed by atoms with Crippen LogP contribution in [0.15, 0.2) is 0 Å². The summed E-state index contributed by atoms with van der Waals surface area (Å²) in [5.74, 6) is -3.70. The Bertz CT molecular complexity index is 294. The Morgan fingerprint density at radius 1 is 1.40 bits per heavy atom. The average Bonchev–Trinajstić information content (AvgIpc) is 2.16. The fraction of sp³-hybridized carbons (Fsp3) is 0.700. The molecule has 0 bridgehead atoms. The molecule has 0 amide bonds. The van der Waals surface area contributed by atoms with Gasteiger partial charge >= 0.3 is 17.5 Å². The zero-order valence-electron chi connectivity index (χ0n) is 8.86. The largest absolute Gasteiger partial charge is 0.481 e. The van der Waals surface area contributed by atoms with Crippen molar-refractivity contribution < 1.29 is 19.8 Å². The molecule has 2 unspecified atom stereocenters. The van der Waals surface area contributed by atoms with Gasteiger partial charge in [0.15, 0.2) is 0 Å². The summed E-state index contributed by atoms with van der Waals surface area (Å²) in [7, 11) is 0. The van der Waals surface area contributed by atoms with Gasteiger partial charge in [-0.25, -0.2) is 11.4 Å². The van der Waals surface area contributed by atoms with Crippen molar-refractivity contribution in [2.45, 2.75) is 38.6 Å². The summed E-state index contributed by atoms with van der Waals surface area (Å²) in [6.45, 7) is 10.3. The monoisotopic (exact) mass is 213 g/mol. The highest BCUT2D eigenvalue weighted by atomic mass is 16.4. The molecule has 2 atom stereocenters. The Kier molecular flexibility index (Phi) is 4.79. The first kappa shape index (κ1) is 13.4. The van der Waals surface area contributed by atoms with E-state index in [-0.39, 0.29) is 12.8 Å². The summed E-state index contributed by atoms with van der Waals surface area (Å²) >= 11 is 0. The highest BCUT2D eigenvalue weighted by molar-refractivity contribution is 5.88. The van der Waals surface area contributed by atoms with Crippen molar-refractivity contribution in [3.05, 3.63) is 11.4 Å². The summed E-state index contributed by atoms with van der Waals surface area (Å²) < 4.78 is 0. The highest BCUT2D eigenvalue weighted by Gasteiger charge is 2.55. The zero-order valence-corrected chi connectivity index (χ0v) is 8.86. The standard InChI is InChI=1S/C10H15NO4/c1-4-6-10(11-3,9(14)15)7(5-2)8(12)13/h7H,4-6H2,1-2H3,(H,12,13)(H,14,15). The molecule has 0 saturated heterocycles. The Balaban J connectivity index is 5.32. The van der Waals surface area contributed by atoms with Crippen molar-refractivity contribution in [1.29, 1.82) is 0 Å². The van der Waals surface area contributed by atoms with Crippen LogP contribution in [0.2, 0.25) is 0 Å². The van der Waals surface area contributed by atoms with Gasteiger partial charge in [-0.1, -0.05) is 13.8 Å². The molecule has 0 heterocycles. The van der Waals surface area contributed by atoms with E-state index in [1.54, 1.807) is 13.8 Å². The van der Waals surface area contributed by atoms with E-state index in [0.29, 0.717) is 6.42 Å². The van der Waals surface area contributed by atoms with Crippen LogP contribution in [-0.4, -0.2) is 27.7 Å². The van der Waals surface area contributed by atoms with Crippen LogP contribution >= 0.6 is 0 Å². The van der Waals surface area contributed by atoms with Crippen molar-refractivity contribution in [1.82, 2.24) is 0 Å². The smallest absolute Gasteiger partial charge is 0.391 e. The van der Waals surface area contributed by atoms with Crippen molar-refractivity contribution in [3.8, 4) is 0 Å². The van der Waals surface area contributed by atoms with Gasteiger partial charge in [0.1, 0.15) is 5.92 Å². The number of nitrogens with zero attached hydrogens (tertiary/aromatic N) is 1. The number of carboxylic acids is 2. The molecule has 15 heavy (non-hydrogen) atoms. The van der Waals surface area contributed by atoms with E-state index in [1.807, 2.05) is 0 Å². The molecule has 5 nitrogen and oxygen atoms in total. The minimum Gasteiger partial charge on any atom is -0.481 e. The highest BCUT2D eigenvalue weighted by Crippen LogP contribution is 2.31. The number of hydrogen-bond donors (Lipinski definition) is 2. The Morgan fingerprint density at radius 3 is 2.13 bits per heavy atom. The van der Waals surface area contributed by atoms with Crippen LogP contribution in [0.25, 0.3) is 4.85 Å². The molecule has 84 valence electrons. The molecule has 0 radical (unpaired) electrons. The fourth-order valence-electron chi connectivity index (χ4n) is 1.71. The lowest BCUT2D eigenvalue weighted by atomic mass is 9.79. The number of carbonyl (C=O) groups is 2. The summed E-state index contributed by atoms with van der Waals surface area (Å²) in [5.41, 5.74) is -1.81. The molecule has 0 spiro atoms. The predicted molar refractivity (Wildman–Crippen MR) is 53.3 cm³/mol. The average molecular weight is 213 g/mol. The maximum atomic E-state index is 11.1. The van der Waals surface area contributed by atoms with E-state index >= 15 is 0 Å². The maximum absolute atomic E-state index is 11.1. The molecule has 0 aromatic rings. The molecular formula is C10H15NO4. The first-order valence-electron chi connectivity index (χ1n) is 4.81. The van der Waals surface area contributed by atoms with Gasteiger partial charge < -0.3 is 10.2 Å². The molecule has 0 aliphatic heterocycles. The van der Waals surface area contributed by atoms with Gasteiger partial charge in [0, 0.05) is 6.42 Å². The lowest BCUT2D eigenvalue weighted by Gasteiger charge is -2.22. The first-order valence-corrected chi connectivity index (χ1v) is 4.81. The van der Waals surface area contributed by atoms with Crippen molar-refractivity contribution >= 4 is 11.9 Å². The van der Waals surface area contributed by atoms with E-state index in [0.717, 1.165) is 0 Å². The van der Waals surface area contributed by atoms with Crippen LogP contribution in [0.3, 0.4) is 0 Å². The van der Waals surface area contributed by atoms with Crippen molar-refractivity contribution in [2.24, 2.45) is 5.92 Å². The number of carboxylic acid groups (broad SMARTS) is 2. The SMILES string of the molecule is [C-]#[N+]C(CCC)(C(=O)O)C(CC)C(=O)O. The summed E-state index contributed by atoms with van der Waals surface area (Å²) in [6.07, 6.45) is 0.680. The van der Waals surface area contributed by atoms with E-state index < -0.39 is 23.4 Å². The minimum atomic E-state index is -1.81. The lowest BCUT2D eigenvalue weighted by Crippen LogP contribution is -2.46. The van der Waals surface area contributed by atoms with Crippen LogP contribution in [0, 0.1) is 12.5 Å². The second-order valence-corrected chi connectivity index (χ2v) is 3.39. The third kappa shape index (κ3) is 2.46. The van der Waals surface area contributed by atoms with Crippen molar-refractivity contribution in [2.75, 3.05) is 0 Å². The van der Waals surface area contributed by atoms with Gasteiger partial charge in [0.05, 0.1) is 0 Å². The molecule has 0 fully saturated rings. The second-order valence-electron chi connectivity index (χ2n) is 3.39. The third-order valence-corrected chi connectivity index (χ3v) is 2.48. The lowest BCUT2D eigenvalue weighted by molar-refractivity contribution is -0.154. The summed E-state index contributed by atoms with van der Waals surface area (Å²) in [4.78, 5) is 25.0. The van der Waals surface area contributed by atoms with Crippen LogP contribution < -0.4 is 0 Å². The van der Waals surface area contributed by atoms with Crippen LogP contribution in [0.5, 0.6) is 0 Å². The van der Waals surface area contributed by atoms with Crippen LogP contribution in [0.4, 0.5) is 0 Å². The molecule has 0 rings (SSSR count). The van der Waals surface area contributed by atoms with Gasteiger partial charge in [-0.05, 0) is 12.8 Å². The van der Waals surface area contributed by atoms with Gasteiger partial charge in [-0.3, -0.25) is 9.64 Å². The Morgan fingerprint density at radius 2 is 1.93 bits per heavy atom.